The molecule has 1 N–H and O–H groups in total. The molecule has 4 rings (SSSR count). The highest BCUT2D eigenvalue weighted by atomic mass is 79.9. The molecule has 0 aliphatic carbocycles. The second-order valence-corrected chi connectivity index (χ2v) is 8.57. The van der Waals surface area contributed by atoms with Crippen LogP contribution >= 0.6 is 15.9 Å². The van der Waals surface area contributed by atoms with Crippen LogP contribution in [0.15, 0.2) is 63.1 Å². The van der Waals surface area contributed by atoms with Crippen molar-refractivity contribution in [3.63, 3.8) is 0 Å². The van der Waals surface area contributed by atoms with Gasteiger partial charge in [-0.05, 0) is 42.0 Å². The quantitative estimate of drug-likeness (QED) is 0.136. The van der Waals surface area contributed by atoms with Gasteiger partial charge in [0, 0.05) is 16.1 Å². The number of hydrogen-bond donors (Lipinski definition) is 1. The number of furan rings is 1. The SMILES string of the molecule is COC(=O)c1ccc(CN2C(=O)N/C(=C\c3cc(Br)cc([N+](=O)[O-])c3OCc3cccc(F)c3)C2=O)o1. The maximum atomic E-state index is 13.5. The Hall–Kier alpha value is -4.52. The van der Waals surface area contributed by atoms with Crippen LogP contribution in [-0.2, 0) is 22.7 Å². The fraction of sp³-hybridized carbons (Fsp3) is 0.125. The second kappa shape index (κ2) is 10.6. The third-order valence-electron chi connectivity index (χ3n) is 5.16. The highest BCUT2D eigenvalue weighted by Gasteiger charge is 2.35. The summed E-state index contributed by atoms with van der Waals surface area (Å²) in [5, 5.41) is 14.1. The molecular weight excluding hydrogens is 557 g/mol. The van der Waals surface area contributed by atoms with Gasteiger partial charge in [0.25, 0.3) is 5.91 Å². The number of nitro benzene ring substituents is 1. The molecule has 1 aromatic heterocycles. The normalized spacial score (nSPS) is 14.1. The van der Waals surface area contributed by atoms with Crippen molar-refractivity contribution in [1.82, 2.24) is 10.2 Å². The number of hydrogen-bond acceptors (Lipinski definition) is 8. The molecule has 2 heterocycles. The van der Waals surface area contributed by atoms with Crippen LogP contribution in [-0.4, -0.2) is 34.8 Å². The van der Waals surface area contributed by atoms with Crippen LogP contribution in [0.5, 0.6) is 5.75 Å². The van der Waals surface area contributed by atoms with E-state index in [2.05, 4.69) is 26.0 Å². The lowest BCUT2D eigenvalue weighted by Crippen LogP contribution is -2.30. The van der Waals surface area contributed by atoms with Crippen LogP contribution in [0, 0.1) is 15.9 Å². The number of benzene rings is 2. The van der Waals surface area contributed by atoms with Gasteiger partial charge in [-0.15, -0.1) is 0 Å². The predicted molar refractivity (Wildman–Crippen MR) is 129 cm³/mol. The Bertz CT molecular complexity index is 1450. The number of nitrogens with one attached hydrogen (secondary N) is 1. The van der Waals surface area contributed by atoms with Gasteiger partial charge in [0.05, 0.1) is 18.6 Å². The van der Waals surface area contributed by atoms with Gasteiger partial charge >= 0.3 is 17.7 Å². The summed E-state index contributed by atoms with van der Waals surface area (Å²) in [7, 11) is 1.18. The molecular formula is C24H17BrFN3O8. The van der Waals surface area contributed by atoms with E-state index >= 15 is 0 Å². The Morgan fingerprint density at radius 2 is 2.03 bits per heavy atom. The van der Waals surface area contributed by atoms with Gasteiger partial charge < -0.3 is 19.2 Å². The van der Waals surface area contributed by atoms with E-state index in [9.17, 15) is 28.9 Å². The lowest BCUT2D eigenvalue weighted by Gasteiger charge is -2.11. The van der Waals surface area contributed by atoms with E-state index in [0.717, 1.165) is 4.90 Å². The molecule has 1 aliphatic heterocycles. The first kappa shape index (κ1) is 25.6. The first-order valence-electron chi connectivity index (χ1n) is 10.5. The van der Waals surface area contributed by atoms with E-state index < -0.39 is 34.3 Å². The number of methoxy groups -OCH3 is 1. The lowest BCUT2D eigenvalue weighted by molar-refractivity contribution is -0.386. The molecule has 0 atom stereocenters. The topological polar surface area (TPSA) is 141 Å². The third-order valence-corrected chi connectivity index (χ3v) is 5.61. The number of urea groups is 1. The zero-order chi connectivity index (χ0) is 26.7. The van der Waals surface area contributed by atoms with Crippen LogP contribution in [0.1, 0.15) is 27.4 Å². The predicted octanol–water partition coefficient (Wildman–Crippen LogP) is 4.55. The van der Waals surface area contributed by atoms with Crippen molar-refractivity contribution in [1.29, 1.82) is 0 Å². The van der Waals surface area contributed by atoms with Crippen molar-refractivity contribution < 1.29 is 37.6 Å². The highest BCUT2D eigenvalue weighted by molar-refractivity contribution is 9.10. The molecule has 1 saturated heterocycles. The molecule has 1 aliphatic rings. The first-order chi connectivity index (χ1) is 17.7. The van der Waals surface area contributed by atoms with Gasteiger partial charge in [-0.2, -0.15) is 0 Å². The van der Waals surface area contributed by atoms with Crippen molar-refractivity contribution >= 4 is 45.6 Å². The molecule has 3 amide bonds. The molecule has 190 valence electrons. The zero-order valence-corrected chi connectivity index (χ0v) is 20.6. The van der Waals surface area contributed by atoms with Crippen LogP contribution in [0.2, 0.25) is 0 Å². The standard InChI is InChI=1S/C24H17BrFN3O8/c1-35-23(31)20-6-5-17(37-20)11-28-22(30)18(27-24(28)32)9-14-8-15(25)10-19(29(33)34)21(14)36-12-13-3-2-4-16(26)7-13/h2-10H,11-12H2,1H3,(H,27,32)/b18-9-. The number of nitro groups is 1. The number of nitrogens with zero attached hydrogens (tertiary/aromatic N) is 2. The summed E-state index contributed by atoms with van der Waals surface area (Å²) < 4.78 is 29.4. The molecule has 3 aromatic rings. The van der Waals surface area contributed by atoms with E-state index in [-0.39, 0.29) is 41.7 Å². The molecule has 0 spiro atoms. The van der Waals surface area contributed by atoms with E-state index in [1.807, 2.05) is 0 Å². The third kappa shape index (κ3) is 5.67. The zero-order valence-electron chi connectivity index (χ0n) is 19.0. The first-order valence-corrected chi connectivity index (χ1v) is 11.3. The molecule has 0 saturated carbocycles. The molecule has 1 fully saturated rings. The average Bonchev–Trinajstić information content (AvgIpc) is 3.43. The van der Waals surface area contributed by atoms with Crippen LogP contribution in [0.4, 0.5) is 14.9 Å². The number of ether oxygens (including phenoxy) is 2. The van der Waals surface area contributed by atoms with Crippen molar-refractivity contribution in [3.05, 3.63) is 97.3 Å². The Balaban J connectivity index is 1.63. The molecule has 0 radical (unpaired) electrons. The van der Waals surface area contributed by atoms with E-state index in [0.29, 0.717) is 10.0 Å². The molecule has 0 bridgehead atoms. The van der Waals surface area contributed by atoms with Gasteiger partial charge in [0.2, 0.25) is 11.5 Å². The van der Waals surface area contributed by atoms with Gasteiger partial charge in [0.1, 0.15) is 23.9 Å². The summed E-state index contributed by atoms with van der Waals surface area (Å²) in [5.41, 5.74) is -0.0316. The van der Waals surface area contributed by atoms with E-state index in [1.54, 1.807) is 6.07 Å². The maximum Gasteiger partial charge on any atom is 0.373 e. The minimum absolute atomic E-state index is 0.0955. The monoisotopic (exact) mass is 573 g/mol. The van der Waals surface area contributed by atoms with Crippen molar-refractivity contribution in [2.24, 2.45) is 0 Å². The van der Waals surface area contributed by atoms with Gasteiger partial charge in [-0.25, -0.2) is 14.0 Å². The summed E-state index contributed by atoms with van der Waals surface area (Å²) in [6, 6.07) is 10.2. The van der Waals surface area contributed by atoms with Crippen molar-refractivity contribution in [2.45, 2.75) is 13.2 Å². The summed E-state index contributed by atoms with van der Waals surface area (Å²) in [5.74, 6) is -2.07. The summed E-state index contributed by atoms with van der Waals surface area (Å²) >= 11 is 3.20. The Labute approximate surface area is 216 Å². The lowest BCUT2D eigenvalue weighted by atomic mass is 10.1. The number of rotatable bonds is 8. The summed E-state index contributed by atoms with van der Waals surface area (Å²) in [4.78, 5) is 48.9. The second-order valence-electron chi connectivity index (χ2n) is 7.66. The molecule has 37 heavy (non-hydrogen) atoms. The van der Waals surface area contributed by atoms with Crippen LogP contribution < -0.4 is 10.1 Å². The van der Waals surface area contributed by atoms with E-state index in [4.69, 9.17) is 9.15 Å². The van der Waals surface area contributed by atoms with Gasteiger partial charge in [-0.1, -0.05) is 28.1 Å². The smallest absolute Gasteiger partial charge is 0.373 e. The molecule has 0 unspecified atom stereocenters. The number of carbonyl (C=O) groups is 3. The minimum atomic E-state index is -0.765. The Morgan fingerprint density at radius 1 is 1.24 bits per heavy atom. The van der Waals surface area contributed by atoms with Gasteiger partial charge in [0.15, 0.2) is 0 Å². The number of amides is 3. The Kier molecular flexibility index (Phi) is 7.34. The van der Waals surface area contributed by atoms with Gasteiger partial charge in [-0.3, -0.25) is 19.8 Å². The summed E-state index contributed by atoms with van der Waals surface area (Å²) in [6.45, 7) is -0.468. The highest BCUT2D eigenvalue weighted by Crippen LogP contribution is 2.37. The number of halogens is 2. The van der Waals surface area contributed by atoms with Crippen molar-refractivity contribution in [2.75, 3.05) is 7.11 Å². The maximum absolute atomic E-state index is 13.5. The number of esters is 1. The minimum Gasteiger partial charge on any atom is -0.482 e. The molecule has 11 nitrogen and oxygen atoms in total. The van der Waals surface area contributed by atoms with Crippen LogP contribution in [0.25, 0.3) is 6.08 Å². The van der Waals surface area contributed by atoms with Crippen LogP contribution in [0.3, 0.4) is 0 Å². The Morgan fingerprint density at radius 3 is 2.73 bits per heavy atom. The van der Waals surface area contributed by atoms with Crippen molar-refractivity contribution in [3.8, 4) is 5.75 Å². The molecule has 2 aromatic carbocycles. The molecule has 13 heteroatoms. The fourth-order valence-electron chi connectivity index (χ4n) is 3.48. The number of carbonyl (C=O) groups excluding carboxylic acids is 3. The van der Waals surface area contributed by atoms with E-state index in [1.165, 1.54) is 55.7 Å². The average molecular weight is 574 g/mol. The fourth-order valence-corrected chi connectivity index (χ4v) is 3.95. The summed E-state index contributed by atoms with van der Waals surface area (Å²) in [6.07, 6.45) is 1.24. The number of imide groups is 1. The largest absolute Gasteiger partial charge is 0.482 e.